The predicted octanol–water partition coefficient (Wildman–Crippen LogP) is 3.59. The molecule has 1 atom stereocenters. The molecule has 2 aliphatic rings. The summed E-state index contributed by atoms with van der Waals surface area (Å²) < 4.78 is 5.91. The molecule has 1 amide bonds. The predicted molar refractivity (Wildman–Crippen MR) is 94.7 cm³/mol. The summed E-state index contributed by atoms with van der Waals surface area (Å²) in [6, 6.07) is 0. The number of aromatic nitrogens is 2. The van der Waals surface area contributed by atoms with Crippen LogP contribution in [-0.4, -0.2) is 33.9 Å². The van der Waals surface area contributed by atoms with E-state index in [1.807, 2.05) is 24.9 Å². The van der Waals surface area contributed by atoms with Crippen LogP contribution in [0.5, 0.6) is 0 Å². The van der Waals surface area contributed by atoms with Crippen LogP contribution in [-0.2, 0) is 12.8 Å². The molecule has 1 aliphatic carbocycles. The van der Waals surface area contributed by atoms with Crippen molar-refractivity contribution in [2.75, 3.05) is 13.1 Å². The molecule has 3 heterocycles. The zero-order valence-electron chi connectivity index (χ0n) is 15.0. The lowest BCUT2D eigenvalue weighted by atomic mass is 9.92. The maximum absolute atomic E-state index is 13.2. The monoisotopic (exact) mass is 339 g/mol. The SMILES string of the molecule is Cc1cncc(C2CCCN(C(=O)c3c(C)oc4c3CCCC4)C2)n1. The molecule has 0 aromatic carbocycles. The van der Waals surface area contributed by atoms with Crippen molar-refractivity contribution in [2.24, 2.45) is 0 Å². The van der Waals surface area contributed by atoms with E-state index in [0.29, 0.717) is 0 Å². The van der Waals surface area contributed by atoms with E-state index in [4.69, 9.17) is 4.42 Å². The summed E-state index contributed by atoms with van der Waals surface area (Å²) in [5.41, 5.74) is 3.92. The lowest BCUT2D eigenvalue weighted by Gasteiger charge is -2.32. The van der Waals surface area contributed by atoms with Crippen LogP contribution in [0.15, 0.2) is 16.8 Å². The van der Waals surface area contributed by atoms with Gasteiger partial charge in [0.25, 0.3) is 5.91 Å². The van der Waals surface area contributed by atoms with E-state index >= 15 is 0 Å². The summed E-state index contributed by atoms with van der Waals surface area (Å²) in [6.07, 6.45) is 9.92. The van der Waals surface area contributed by atoms with Gasteiger partial charge < -0.3 is 9.32 Å². The lowest BCUT2D eigenvalue weighted by Crippen LogP contribution is -2.40. The molecule has 2 aromatic heterocycles. The first kappa shape index (κ1) is 16.3. The van der Waals surface area contributed by atoms with Gasteiger partial charge in [-0.15, -0.1) is 0 Å². The fraction of sp³-hybridized carbons (Fsp3) is 0.550. The summed E-state index contributed by atoms with van der Waals surface area (Å²) in [7, 11) is 0. The van der Waals surface area contributed by atoms with E-state index in [0.717, 1.165) is 85.6 Å². The molecule has 132 valence electrons. The molecule has 1 fully saturated rings. The number of carbonyl (C=O) groups excluding carboxylic acids is 1. The summed E-state index contributed by atoms with van der Waals surface area (Å²) in [6.45, 7) is 5.42. The number of carbonyl (C=O) groups is 1. The highest BCUT2D eigenvalue weighted by Crippen LogP contribution is 2.32. The largest absolute Gasteiger partial charge is 0.465 e. The topological polar surface area (TPSA) is 59.2 Å². The molecule has 4 rings (SSSR count). The molecule has 5 nitrogen and oxygen atoms in total. The standard InChI is InChI=1S/C20H25N3O2/c1-13-10-21-11-17(22-13)15-6-5-9-23(12-15)20(24)19-14(2)25-18-8-4-3-7-16(18)19/h10-11,15H,3-9,12H2,1-2H3. The molecule has 1 unspecified atom stereocenters. The van der Waals surface area contributed by atoms with E-state index < -0.39 is 0 Å². The van der Waals surface area contributed by atoms with Crippen molar-refractivity contribution in [1.29, 1.82) is 0 Å². The molecule has 0 bridgehead atoms. The minimum atomic E-state index is 0.134. The Morgan fingerprint density at radius 3 is 2.88 bits per heavy atom. The van der Waals surface area contributed by atoms with E-state index in [1.165, 1.54) is 0 Å². The molecule has 25 heavy (non-hydrogen) atoms. The van der Waals surface area contributed by atoms with E-state index in [2.05, 4.69) is 9.97 Å². The first-order valence-corrected chi connectivity index (χ1v) is 9.32. The highest BCUT2D eigenvalue weighted by atomic mass is 16.3. The van der Waals surface area contributed by atoms with Crippen molar-refractivity contribution >= 4 is 5.91 Å². The molecular formula is C20H25N3O2. The zero-order valence-corrected chi connectivity index (χ0v) is 15.0. The van der Waals surface area contributed by atoms with Gasteiger partial charge in [0.1, 0.15) is 11.5 Å². The van der Waals surface area contributed by atoms with Gasteiger partial charge in [-0.25, -0.2) is 0 Å². The van der Waals surface area contributed by atoms with Crippen LogP contribution < -0.4 is 0 Å². The third-order valence-electron chi connectivity index (χ3n) is 5.46. The van der Waals surface area contributed by atoms with Crippen LogP contribution in [0.1, 0.15) is 70.4 Å². The van der Waals surface area contributed by atoms with Gasteiger partial charge >= 0.3 is 0 Å². The summed E-state index contributed by atoms with van der Waals surface area (Å²) in [4.78, 5) is 24.1. The quantitative estimate of drug-likeness (QED) is 0.839. The molecule has 0 N–H and O–H groups in total. The molecule has 1 saturated heterocycles. The van der Waals surface area contributed by atoms with Crippen molar-refractivity contribution in [3.63, 3.8) is 0 Å². The normalized spacial score (nSPS) is 20.4. The van der Waals surface area contributed by atoms with Crippen LogP contribution in [0.2, 0.25) is 0 Å². The Kier molecular flexibility index (Phi) is 4.32. The molecule has 5 heteroatoms. The molecular weight excluding hydrogens is 314 g/mol. The van der Waals surface area contributed by atoms with Crippen LogP contribution in [0, 0.1) is 13.8 Å². The van der Waals surface area contributed by atoms with Gasteiger partial charge in [0, 0.05) is 43.4 Å². The van der Waals surface area contributed by atoms with Crippen molar-refractivity contribution < 1.29 is 9.21 Å². The molecule has 0 radical (unpaired) electrons. The van der Waals surface area contributed by atoms with Gasteiger partial charge in [0.2, 0.25) is 0 Å². The second kappa shape index (κ2) is 6.62. The number of aryl methyl sites for hydroxylation is 3. The van der Waals surface area contributed by atoms with Gasteiger partial charge in [-0.3, -0.25) is 14.8 Å². The molecule has 1 aliphatic heterocycles. The number of likely N-dealkylation sites (tertiary alicyclic amines) is 1. The van der Waals surface area contributed by atoms with Crippen LogP contribution >= 0.6 is 0 Å². The smallest absolute Gasteiger partial charge is 0.257 e. The summed E-state index contributed by atoms with van der Waals surface area (Å²) in [5, 5.41) is 0. The Hall–Kier alpha value is -2.17. The van der Waals surface area contributed by atoms with E-state index in [1.54, 1.807) is 6.20 Å². The summed E-state index contributed by atoms with van der Waals surface area (Å²) >= 11 is 0. The van der Waals surface area contributed by atoms with Gasteiger partial charge in [0.05, 0.1) is 17.0 Å². The van der Waals surface area contributed by atoms with Crippen LogP contribution in [0.25, 0.3) is 0 Å². The number of rotatable bonds is 2. The van der Waals surface area contributed by atoms with Crippen molar-refractivity contribution in [3.8, 4) is 0 Å². The second-order valence-electron chi connectivity index (χ2n) is 7.32. The average Bonchev–Trinajstić information content (AvgIpc) is 2.97. The Labute approximate surface area is 148 Å². The maximum Gasteiger partial charge on any atom is 0.257 e. The summed E-state index contributed by atoms with van der Waals surface area (Å²) in [5.74, 6) is 2.22. The number of furan rings is 1. The Morgan fingerprint density at radius 2 is 2.04 bits per heavy atom. The minimum Gasteiger partial charge on any atom is -0.465 e. The highest BCUT2D eigenvalue weighted by Gasteiger charge is 2.31. The highest BCUT2D eigenvalue weighted by molar-refractivity contribution is 5.97. The maximum atomic E-state index is 13.2. The fourth-order valence-corrected chi connectivity index (χ4v) is 4.22. The Morgan fingerprint density at radius 1 is 1.20 bits per heavy atom. The number of nitrogens with zero attached hydrogens (tertiary/aromatic N) is 3. The van der Waals surface area contributed by atoms with Crippen molar-refractivity contribution in [2.45, 2.75) is 58.3 Å². The van der Waals surface area contributed by atoms with E-state index in [9.17, 15) is 4.79 Å². The van der Waals surface area contributed by atoms with Gasteiger partial charge in [0.15, 0.2) is 0 Å². The third-order valence-corrected chi connectivity index (χ3v) is 5.46. The fourth-order valence-electron chi connectivity index (χ4n) is 4.22. The number of fused-ring (bicyclic) bond motifs is 1. The number of hydrogen-bond donors (Lipinski definition) is 0. The third kappa shape index (κ3) is 3.08. The first-order chi connectivity index (χ1) is 12.1. The molecule has 0 spiro atoms. The van der Waals surface area contributed by atoms with Crippen LogP contribution in [0.4, 0.5) is 0 Å². The van der Waals surface area contributed by atoms with Gasteiger partial charge in [-0.1, -0.05) is 0 Å². The van der Waals surface area contributed by atoms with Crippen molar-refractivity contribution in [1.82, 2.24) is 14.9 Å². The van der Waals surface area contributed by atoms with Crippen LogP contribution in [0.3, 0.4) is 0 Å². The number of amides is 1. The minimum absolute atomic E-state index is 0.134. The Balaban J connectivity index is 1.57. The lowest BCUT2D eigenvalue weighted by molar-refractivity contribution is 0.0703. The van der Waals surface area contributed by atoms with E-state index in [-0.39, 0.29) is 11.8 Å². The van der Waals surface area contributed by atoms with Gasteiger partial charge in [-0.05, 0) is 46.0 Å². The molecule has 2 aromatic rings. The molecule has 0 saturated carbocycles. The number of piperidine rings is 1. The van der Waals surface area contributed by atoms with Crippen molar-refractivity contribution in [3.05, 3.63) is 46.4 Å². The first-order valence-electron chi connectivity index (χ1n) is 9.32. The second-order valence-corrected chi connectivity index (χ2v) is 7.32. The van der Waals surface area contributed by atoms with Gasteiger partial charge in [-0.2, -0.15) is 0 Å². The Bertz CT molecular complexity index is 796. The number of hydrogen-bond acceptors (Lipinski definition) is 4. The average molecular weight is 339 g/mol. The zero-order chi connectivity index (χ0) is 17.4.